The number of halogens is 1. The van der Waals surface area contributed by atoms with Gasteiger partial charge in [0, 0.05) is 26.9 Å². The molecule has 0 saturated heterocycles. The summed E-state index contributed by atoms with van der Waals surface area (Å²) in [5.41, 5.74) is 3.01. The zero-order chi connectivity index (χ0) is 23.8. The first-order chi connectivity index (χ1) is 16.5. The topological polar surface area (TPSA) is 72.5 Å². The van der Waals surface area contributed by atoms with Gasteiger partial charge in [0.15, 0.2) is 0 Å². The third kappa shape index (κ3) is 3.53. The van der Waals surface area contributed by atoms with Crippen molar-refractivity contribution in [2.75, 3.05) is 12.4 Å². The minimum atomic E-state index is -0.875. The molecule has 0 heterocycles. The van der Waals surface area contributed by atoms with Crippen LogP contribution in [0.5, 0.6) is 0 Å². The summed E-state index contributed by atoms with van der Waals surface area (Å²) in [7, 11) is 1.20. The molecule has 0 saturated carbocycles. The summed E-state index contributed by atoms with van der Waals surface area (Å²) >= 11 is 3.57. The highest BCUT2D eigenvalue weighted by Gasteiger charge is 2.38. The van der Waals surface area contributed by atoms with Gasteiger partial charge in [0.2, 0.25) is 11.6 Å². The van der Waals surface area contributed by atoms with Crippen molar-refractivity contribution < 1.29 is 19.1 Å². The number of para-hydroxylation sites is 1. The van der Waals surface area contributed by atoms with Crippen LogP contribution < -0.4 is 5.32 Å². The number of hydrogen-bond acceptors (Lipinski definition) is 5. The van der Waals surface area contributed by atoms with Crippen LogP contribution in [0, 0.1) is 0 Å². The second-order valence-electron chi connectivity index (χ2n) is 7.76. The maximum absolute atomic E-state index is 13.2. The maximum Gasteiger partial charge on any atom is 0.342 e. The van der Waals surface area contributed by atoms with Crippen molar-refractivity contribution in [1.29, 1.82) is 0 Å². The number of benzene rings is 4. The number of carbonyl (C=O) groups is 3. The van der Waals surface area contributed by atoms with Crippen molar-refractivity contribution in [3.8, 4) is 0 Å². The number of ketones is 2. The van der Waals surface area contributed by atoms with E-state index in [2.05, 4.69) is 21.2 Å². The summed E-state index contributed by atoms with van der Waals surface area (Å²) < 4.78 is 5.82. The normalized spacial score (nSPS) is 13.1. The van der Waals surface area contributed by atoms with Crippen LogP contribution >= 0.6 is 15.9 Å². The van der Waals surface area contributed by atoms with E-state index in [9.17, 15) is 14.4 Å². The Hall–Kier alpha value is -4.03. The zero-order valence-corrected chi connectivity index (χ0v) is 19.7. The molecular weight excluding hydrogens is 494 g/mol. The number of anilines is 2. The highest BCUT2D eigenvalue weighted by Crippen LogP contribution is 2.43. The van der Waals surface area contributed by atoms with E-state index in [-0.39, 0.29) is 11.1 Å². The summed E-state index contributed by atoms with van der Waals surface area (Å²) in [6, 6.07) is 26.1. The predicted molar refractivity (Wildman–Crippen MR) is 135 cm³/mol. The van der Waals surface area contributed by atoms with Crippen LogP contribution in [0.4, 0.5) is 11.4 Å². The Kier molecular flexibility index (Phi) is 5.59. The molecule has 166 valence electrons. The summed E-state index contributed by atoms with van der Waals surface area (Å²) in [5, 5.41) is 5.19. The molecule has 4 aromatic rings. The average Bonchev–Trinajstić information content (AvgIpc) is 2.87. The summed E-state index contributed by atoms with van der Waals surface area (Å²) in [4.78, 5) is 39.0. The predicted octanol–water partition coefficient (Wildman–Crippen LogP) is 6.09. The van der Waals surface area contributed by atoms with Crippen LogP contribution in [0.2, 0.25) is 0 Å². The molecule has 34 heavy (non-hydrogen) atoms. The fourth-order valence-corrected chi connectivity index (χ4v) is 4.68. The van der Waals surface area contributed by atoms with Gasteiger partial charge >= 0.3 is 5.97 Å². The number of fused-ring (bicyclic) bond motifs is 2. The van der Waals surface area contributed by atoms with Crippen molar-refractivity contribution in [1.82, 2.24) is 0 Å². The number of esters is 1. The molecule has 0 radical (unpaired) electrons. The Morgan fingerprint density at radius 2 is 1.44 bits per heavy atom. The minimum absolute atomic E-state index is 0.259. The molecule has 0 unspecified atom stereocenters. The molecule has 0 fully saturated rings. The van der Waals surface area contributed by atoms with Gasteiger partial charge in [-0.2, -0.15) is 0 Å². The third-order valence-corrected chi connectivity index (χ3v) is 6.53. The Bertz CT molecular complexity index is 1540. The van der Waals surface area contributed by atoms with Crippen molar-refractivity contribution in [3.05, 3.63) is 112 Å². The minimum Gasteiger partial charge on any atom is -0.465 e. The van der Waals surface area contributed by atoms with Crippen LogP contribution in [0.1, 0.15) is 21.5 Å². The Morgan fingerprint density at radius 3 is 2.21 bits per heavy atom. The fourth-order valence-electron chi connectivity index (χ4n) is 4.29. The zero-order valence-electron chi connectivity index (χ0n) is 18.1. The van der Waals surface area contributed by atoms with E-state index in [0.717, 1.165) is 20.9 Å². The van der Waals surface area contributed by atoms with Gasteiger partial charge in [0.25, 0.3) is 0 Å². The van der Waals surface area contributed by atoms with Gasteiger partial charge in [-0.1, -0.05) is 66.7 Å². The molecule has 1 N–H and O–H groups in total. The first-order valence-electron chi connectivity index (χ1n) is 10.6. The molecular formula is C28H18BrNO4. The third-order valence-electron chi connectivity index (χ3n) is 5.84. The molecule has 0 aliphatic heterocycles. The van der Waals surface area contributed by atoms with Crippen molar-refractivity contribution in [3.63, 3.8) is 0 Å². The average molecular weight is 512 g/mol. The smallest absolute Gasteiger partial charge is 0.342 e. The highest BCUT2D eigenvalue weighted by molar-refractivity contribution is 9.10. The van der Waals surface area contributed by atoms with Gasteiger partial charge in [-0.05, 0) is 50.5 Å². The Labute approximate surface area is 204 Å². The van der Waals surface area contributed by atoms with Gasteiger partial charge in [0.1, 0.15) is 5.57 Å². The molecule has 0 atom stereocenters. The lowest BCUT2D eigenvalue weighted by atomic mass is 9.79. The van der Waals surface area contributed by atoms with Crippen molar-refractivity contribution >= 4 is 61.2 Å². The number of hydrogen-bond donors (Lipinski definition) is 1. The summed E-state index contributed by atoms with van der Waals surface area (Å²) in [6.45, 7) is 0. The molecule has 0 bridgehead atoms. The van der Waals surface area contributed by atoms with E-state index >= 15 is 0 Å². The van der Waals surface area contributed by atoms with Gasteiger partial charge in [-0.3, -0.25) is 9.59 Å². The summed E-state index contributed by atoms with van der Waals surface area (Å²) in [6.07, 6.45) is 0. The van der Waals surface area contributed by atoms with Crippen molar-refractivity contribution in [2.24, 2.45) is 0 Å². The highest BCUT2D eigenvalue weighted by atomic mass is 79.9. The van der Waals surface area contributed by atoms with E-state index in [1.165, 1.54) is 7.11 Å². The molecule has 1 aliphatic carbocycles. The largest absolute Gasteiger partial charge is 0.465 e. The molecule has 0 spiro atoms. The van der Waals surface area contributed by atoms with Crippen LogP contribution in [-0.4, -0.2) is 24.6 Å². The first-order valence-corrected chi connectivity index (χ1v) is 11.3. The van der Waals surface area contributed by atoms with Gasteiger partial charge in [-0.15, -0.1) is 0 Å². The SMILES string of the molecule is COC(=O)C1=C(c2c(Nc3ccccc3Br)ccc3ccccc23)c2ccccc2C(=O)C1=O. The first kappa shape index (κ1) is 21.8. The number of Topliss-reactive ketones (excluding diaryl/α,β-unsaturated/α-hetero) is 2. The molecule has 5 rings (SSSR count). The second-order valence-corrected chi connectivity index (χ2v) is 8.61. The van der Waals surface area contributed by atoms with E-state index in [1.807, 2.05) is 60.7 Å². The van der Waals surface area contributed by atoms with Gasteiger partial charge < -0.3 is 10.1 Å². The molecule has 4 aromatic carbocycles. The van der Waals surface area contributed by atoms with E-state index < -0.39 is 17.5 Å². The Morgan fingerprint density at radius 1 is 0.765 bits per heavy atom. The second kappa shape index (κ2) is 8.72. The lowest BCUT2D eigenvalue weighted by Crippen LogP contribution is -2.29. The monoisotopic (exact) mass is 511 g/mol. The van der Waals surface area contributed by atoms with Gasteiger partial charge in [0.05, 0.1) is 12.8 Å². The molecule has 0 amide bonds. The lowest BCUT2D eigenvalue weighted by Gasteiger charge is -2.24. The van der Waals surface area contributed by atoms with E-state index in [1.54, 1.807) is 24.3 Å². The molecule has 1 aliphatic rings. The summed E-state index contributed by atoms with van der Waals surface area (Å²) in [5.74, 6) is -2.44. The lowest BCUT2D eigenvalue weighted by molar-refractivity contribution is -0.137. The number of carbonyl (C=O) groups excluding carboxylic acids is 3. The number of nitrogens with one attached hydrogen (secondary N) is 1. The van der Waals surface area contributed by atoms with Crippen LogP contribution in [0.25, 0.3) is 16.3 Å². The number of methoxy groups -OCH3 is 1. The standard InChI is InChI=1S/C28H18BrNO4/c1-34-28(33)25-24(18-10-4-5-11-19(18)26(31)27(25)32)23-17-9-3-2-8-16(17)14-15-22(23)30-21-13-7-6-12-20(21)29/h2-15,30H,1H3. The van der Waals surface area contributed by atoms with Crippen LogP contribution in [0.15, 0.2) is 95.0 Å². The fraction of sp³-hybridized carbons (Fsp3) is 0.0357. The van der Waals surface area contributed by atoms with E-state index in [0.29, 0.717) is 22.4 Å². The molecule has 6 heteroatoms. The number of rotatable bonds is 4. The van der Waals surface area contributed by atoms with Crippen LogP contribution in [0.3, 0.4) is 0 Å². The Balaban J connectivity index is 1.90. The van der Waals surface area contributed by atoms with Crippen molar-refractivity contribution in [2.45, 2.75) is 0 Å². The van der Waals surface area contributed by atoms with E-state index in [4.69, 9.17) is 4.74 Å². The van der Waals surface area contributed by atoms with Crippen LogP contribution in [-0.2, 0) is 14.3 Å². The quantitative estimate of drug-likeness (QED) is 0.204. The molecule has 5 nitrogen and oxygen atoms in total. The maximum atomic E-state index is 13.2. The number of ether oxygens (including phenoxy) is 1. The molecule has 0 aromatic heterocycles. The van der Waals surface area contributed by atoms with Gasteiger partial charge in [-0.25, -0.2) is 4.79 Å².